The summed E-state index contributed by atoms with van der Waals surface area (Å²) in [6.45, 7) is 8.90. The SMILES string of the molecule is C.C.CON(C)C(=O)[C@H]1CC[C@H]2[C@@H]3CC[C@@H]4C[C@](C)(O)CC[C@@H]4[C@H]3CC[C@]12C.COc1ccccc1Br.COc1ccccc1C(=O)[C@H]1CC[C@H]2[C@@H]3CC[C@@H]4C[C@](C)(O)CC[C@@H]4[C@H]3CC[C@]12C. The summed E-state index contributed by atoms with van der Waals surface area (Å²) in [4.78, 5) is 31.7. The molecule has 1 amide bonds. The van der Waals surface area contributed by atoms with Crippen LogP contribution >= 0.6 is 15.9 Å². The van der Waals surface area contributed by atoms with Gasteiger partial charge in [0, 0.05) is 18.9 Å². The zero-order chi connectivity index (χ0) is 46.5. The summed E-state index contributed by atoms with van der Waals surface area (Å²) in [7, 11) is 6.66. The van der Waals surface area contributed by atoms with Crippen molar-refractivity contribution >= 4 is 27.6 Å². The zero-order valence-electron chi connectivity index (χ0n) is 41.0. The Balaban J connectivity index is 0.000000183. The smallest absolute Gasteiger partial charge is 0.249 e. The number of halogens is 1. The van der Waals surface area contributed by atoms with Gasteiger partial charge in [-0.15, -0.1) is 0 Å². The van der Waals surface area contributed by atoms with Crippen LogP contribution in [0.2, 0.25) is 0 Å². The number of rotatable bonds is 6. The Morgan fingerprint density at radius 1 is 0.567 bits per heavy atom. The first-order chi connectivity index (χ1) is 30.9. The standard InChI is InChI=1S/C27H38O3.C22H37NO3.C7H7BrO.2CH4/c1-26(29)14-12-18-17(16-26)8-9-20-19(18)13-15-27(2)22(20)10-11-23(27)25(28)21-6-4-5-7-24(21)30-3;1-21(25)11-9-15-14(13-21)5-6-17-16(15)10-12-22(2)18(17)7-8-19(22)20(24)23(3)26-4;1-9-7-5-3-2-4-6(7)8;;/h4-7,17-20,22-23,29H,8-16H2,1-3H3;14-19,25H,5-13H2,1-4H3;2-5H,1H3;2*1H4/t17-,18+,19-,20-,22+,23-,26-,27+;14-,15+,16-,17-,18+,19-,21-,22+;;;/m11.../s1. The lowest BCUT2D eigenvalue weighted by molar-refractivity contribution is -0.180. The van der Waals surface area contributed by atoms with Crippen LogP contribution in [0.4, 0.5) is 0 Å². The number of carbonyl (C=O) groups excluding carboxylic acids is 2. The molecule has 8 nitrogen and oxygen atoms in total. The van der Waals surface area contributed by atoms with Gasteiger partial charge in [0.25, 0.3) is 0 Å². The Kier molecular flexibility index (Phi) is 17.3. The fourth-order valence-corrected chi connectivity index (χ4v) is 17.4. The van der Waals surface area contributed by atoms with Gasteiger partial charge in [0.05, 0.1) is 42.6 Å². The van der Waals surface area contributed by atoms with E-state index in [9.17, 15) is 19.8 Å². The Hall–Kier alpha value is -2.46. The lowest BCUT2D eigenvalue weighted by Crippen LogP contribution is -2.51. The van der Waals surface area contributed by atoms with Crippen molar-refractivity contribution in [2.45, 2.75) is 169 Å². The minimum Gasteiger partial charge on any atom is -0.496 e. The molecule has 2 aromatic rings. The van der Waals surface area contributed by atoms with Crippen LogP contribution in [0.25, 0.3) is 0 Å². The number of hydrogen-bond donors (Lipinski definition) is 2. The summed E-state index contributed by atoms with van der Waals surface area (Å²) in [6.07, 6.45) is 20.9. The second-order valence-corrected chi connectivity index (χ2v) is 24.3. The van der Waals surface area contributed by atoms with E-state index in [1.165, 1.54) is 82.1 Å². The number of fused-ring (bicyclic) bond motifs is 10. The number of benzene rings is 2. The molecule has 8 aliphatic carbocycles. The summed E-state index contributed by atoms with van der Waals surface area (Å²) < 4.78 is 11.5. The van der Waals surface area contributed by atoms with Crippen molar-refractivity contribution in [3.05, 3.63) is 58.6 Å². The number of amides is 1. The highest BCUT2D eigenvalue weighted by atomic mass is 79.9. The Morgan fingerprint density at radius 3 is 1.49 bits per heavy atom. The van der Waals surface area contributed by atoms with E-state index in [0.29, 0.717) is 23.5 Å². The molecule has 0 bridgehead atoms. The van der Waals surface area contributed by atoms with Crippen LogP contribution < -0.4 is 9.47 Å². The van der Waals surface area contributed by atoms with Crippen LogP contribution in [0.1, 0.15) is 168 Å². The zero-order valence-corrected chi connectivity index (χ0v) is 42.6. The van der Waals surface area contributed by atoms with E-state index in [-0.39, 0.29) is 43.4 Å². The van der Waals surface area contributed by atoms with Crippen LogP contribution in [-0.4, -0.2) is 66.5 Å². The number of ether oxygens (including phenoxy) is 2. The van der Waals surface area contributed by atoms with Gasteiger partial charge in [0.2, 0.25) is 5.91 Å². The highest BCUT2D eigenvalue weighted by Gasteiger charge is 2.61. The third kappa shape index (κ3) is 10.5. The Bertz CT molecular complexity index is 1990. The van der Waals surface area contributed by atoms with Crippen molar-refractivity contribution in [1.29, 1.82) is 0 Å². The number of para-hydroxylation sites is 2. The number of hydrogen-bond acceptors (Lipinski definition) is 7. The van der Waals surface area contributed by atoms with Gasteiger partial charge in [-0.3, -0.25) is 14.4 Å². The number of nitrogens with zero attached hydrogens (tertiary/aromatic N) is 1. The average Bonchev–Trinajstić information content (AvgIpc) is 3.84. The van der Waals surface area contributed by atoms with E-state index >= 15 is 0 Å². The number of carbonyl (C=O) groups is 2. The van der Waals surface area contributed by atoms with E-state index in [1.54, 1.807) is 28.4 Å². The fourth-order valence-electron chi connectivity index (χ4n) is 17.0. The summed E-state index contributed by atoms with van der Waals surface area (Å²) >= 11 is 3.33. The third-order valence-electron chi connectivity index (χ3n) is 20.1. The Morgan fingerprint density at radius 2 is 1.01 bits per heavy atom. The molecule has 0 unspecified atom stereocenters. The molecule has 67 heavy (non-hydrogen) atoms. The third-order valence-corrected chi connectivity index (χ3v) is 20.8. The van der Waals surface area contributed by atoms with Crippen LogP contribution in [0, 0.1) is 81.8 Å². The number of hydroxylamine groups is 2. The average molecular weight is 993 g/mol. The molecule has 8 fully saturated rings. The van der Waals surface area contributed by atoms with Gasteiger partial charge in [-0.05, 0) is 240 Å². The maximum atomic E-state index is 13.6. The Labute approximate surface area is 414 Å². The van der Waals surface area contributed by atoms with E-state index < -0.39 is 11.2 Å². The summed E-state index contributed by atoms with van der Waals surface area (Å²) in [5, 5.41) is 22.6. The molecular formula is C58H90BrNO7. The molecule has 2 N–H and O–H groups in total. The summed E-state index contributed by atoms with van der Waals surface area (Å²) in [5.74, 6) is 10.00. The maximum absolute atomic E-state index is 13.6. The molecule has 0 aromatic heterocycles. The molecule has 0 radical (unpaired) electrons. The monoisotopic (exact) mass is 992 g/mol. The second-order valence-electron chi connectivity index (χ2n) is 23.4. The van der Waals surface area contributed by atoms with E-state index in [0.717, 1.165) is 101 Å². The molecule has 0 saturated heterocycles. The van der Waals surface area contributed by atoms with E-state index in [4.69, 9.17) is 14.3 Å². The van der Waals surface area contributed by atoms with E-state index in [2.05, 4.69) is 29.8 Å². The molecule has 10 rings (SSSR count). The summed E-state index contributed by atoms with van der Waals surface area (Å²) in [6, 6.07) is 15.5. The predicted octanol–water partition coefficient (Wildman–Crippen LogP) is 13.7. The van der Waals surface area contributed by atoms with Crippen molar-refractivity contribution in [3.8, 4) is 11.5 Å². The molecule has 0 spiro atoms. The largest absolute Gasteiger partial charge is 0.496 e. The molecule has 2 aromatic carbocycles. The predicted molar refractivity (Wildman–Crippen MR) is 274 cm³/mol. The van der Waals surface area contributed by atoms with Crippen molar-refractivity contribution < 1.29 is 34.1 Å². The van der Waals surface area contributed by atoms with Gasteiger partial charge in [-0.25, -0.2) is 5.06 Å². The van der Waals surface area contributed by atoms with Crippen LogP contribution in [-0.2, 0) is 9.63 Å². The molecular weight excluding hydrogens is 903 g/mol. The normalized spacial score (nSPS) is 41.1. The van der Waals surface area contributed by atoms with Gasteiger partial charge in [-0.1, -0.05) is 53.0 Å². The molecule has 0 heterocycles. The first-order valence-electron chi connectivity index (χ1n) is 25.7. The molecule has 376 valence electrons. The first kappa shape index (κ1) is 53.9. The number of methoxy groups -OCH3 is 2. The van der Waals surface area contributed by atoms with Crippen LogP contribution in [0.5, 0.6) is 11.5 Å². The second kappa shape index (κ2) is 21.5. The van der Waals surface area contributed by atoms with Gasteiger partial charge in [0.15, 0.2) is 5.78 Å². The first-order valence-corrected chi connectivity index (χ1v) is 26.5. The molecule has 16 atom stereocenters. The van der Waals surface area contributed by atoms with Gasteiger partial charge in [-0.2, -0.15) is 0 Å². The van der Waals surface area contributed by atoms with Crippen molar-refractivity contribution in [2.24, 2.45) is 81.8 Å². The fraction of sp³-hybridized carbons (Fsp3) is 0.759. The van der Waals surface area contributed by atoms with Crippen molar-refractivity contribution in [1.82, 2.24) is 5.06 Å². The van der Waals surface area contributed by atoms with Gasteiger partial charge >= 0.3 is 0 Å². The van der Waals surface area contributed by atoms with Crippen LogP contribution in [0.3, 0.4) is 0 Å². The molecule has 8 aliphatic rings. The topological polar surface area (TPSA) is 106 Å². The lowest BCUT2D eigenvalue weighted by Gasteiger charge is -2.56. The molecule has 9 heteroatoms. The van der Waals surface area contributed by atoms with Gasteiger partial charge in [0.1, 0.15) is 11.5 Å². The van der Waals surface area contributed by atoms with E-state index in [1.807, 2.05) is 62.4 Å². The molecule has 8 saturated carbocycles. The summed E-state index contributed by atoms with van der Waals surface area (Å²) in [5.41, 5.74) is 0.167. The highest BCUT2D eigenvalue weighted by molar-refractivity contribution is 9.10. The number of Topliss-reactive ketones (excluding diaryl/α,β-unsaturated/α-hetero) is 1. The number of ketones is 1. The lowest BCUT2D eigenvalue weighted by atomic mass is 9.49. The molecule has 0 aliphatic heterocycles. The maximum Gasteiger partial charge on any atom is 0.249 e. The van der Waals surface area contributed by atoms with Crippen molar-refractivity contribution in [2.75, 3.05) is 28.4 Å². The van der Waals surface area contributed by atoms with Crippen LogP contribution in [0.15, 0.2) is 53.0 Å². The van der Waals surface area contributed by atoms with Crippen molar-refractivity contribution in [3.63, 3.8) is 0 Å². The van der Waals surface area contributed by atoms with Gasteiger partial charge < -0.3 is 19.7 Å². The number of aliphatic hydroxyl groups is 2. The quantitative estimate of drug-likeness (QED) is 0.219. The highest BCUT2D eigenvalue weighted by Crippen LogP contribution is 2.66. The minimum absolute atomic E-state index is 0. The minimum atomic E-state index is -0.448.